The number of aromatic nitrogens is 3. The van der Waals surface area contributed by atoms with Crippen molar-refractivity contribution < 1.29 is 29.4 Å². The van der Waals surface area contributed by atoms with Gasteiger partial charge >= 0.3 is 35.0 Å². The molecular weight excluding hydrogens is 585 g/mol. The van der Waals surface area contributed by atoms with Crippen LogP contribution in [0.4, 0.5) is 0 Å². The van der Waals surface area contributed by atoms with Crippen LogP contribution in [0.3, 0.4) is 0 Å². The Morgan fingerprint density at radius 1 is 0.978 bits per heavy atom. The molecule has 6 rings (SSSR count). The van der Waals surface area contributed by atoms with Crippen molar-refractivity contribution in [2.75, 3.05) is 0 Å². The molecule has 11 heteroatoms. The Labute approximate surface area is 275 Å². The number of aldehydes is 1. The fraction of sp³-hybridized carbons (Fsp3) is 0.294. The normalized spacial score (nSPS) is 24.0. The zero-order chi connectivity index (χ0) is 31.6. The quantitative estimate of drug-likeness (QED) is 0.231. The van der Waals surface area contributed by atoms with E-state index in [0.717, 1.165) is 17.4 Å². The molecule has 0 radical (unpaired) electrons. The summed E-state index contributed by atoms with van der Waals surface area (Å²) in [6, 6.07) is 0. The molecule has 10 nitrogen and oxygen atoms in total. The Hall–Kier alpha value is -4.35. The SMILES string of the molecule is C=Cc1c2[n-]c(c1C)/C=C1\[N-]/C(=C3\c4[n-]c(c(C)c4C(=O)[C@@H]3C(=O)O)/C=c3\[n-]/c(c(C=O)c3CC)=C\2)[C@@H](CCC(=O)O)[C@@H]1C.[Mg+2]. The van der Waals surface area contributed by atoms with E-state index in [0.29, 0.717) is 62.3 Å². The number of ketones is 1. The van der Waals surface area contributed by atoms with E-state index in [1.54, 1.807) is 25.2 Å². The maximum absolute atomic E-state index is 13.7. The van der Waals surface area contributed by atoms with Gasteiger partial charge in [-0.3, -0.25) is 19.2 Å². The number of aliphatic carboxylic acids is 2. The van der Waals surface area contributed by atoms with Crippen LogP contribution in [0.2, 0.25) is 0 Å². The molecule has 0 aromatic carbocycles. The monoisotopic (exact) mass is 614 g/mol. The van der Waals surface area contributed by atoms with Crippen LogP contribution in [0.15, 0.2) is 18.0 Å². The van der Waals surface area contributed by atoms with Gasteiger partial charge in [0.05, 0.1) is 0 Å². The minimum Gasteiger partial charge on any atom is -0.664 e. The molecule has 1 aliphatic carbocycles. The van der Waals surface area contributed by atoms with E-state index in [4.69, 9.17) is 20.3 Å². The van der Waals surface area contributed by atoms with E-state index in [1.807, 2.05) is 26.8 Å². The standard InChI is InChI=1S/C34H32N4O6.Mg/c1-6-17-14(3)21-10-22-15(4)19(8-9-27(40)41)31(37-22)29-30(34(43)44)33(42)28-16(5)23(38-32(28)29)11-25-18(7-2)20(13-39)26(36-25)12-24(17)35-21;/h6,10-13,15,19,30H,1,7-9H2,2-5H3,(H4,37,38,39,40,41,42,43,44);/q-2;+2/p-2/b22-10-,26-12-;/t15-,19-,30+;/m0./s1. The maximum atomic E-state index is 13.7. The number of carboxylic acids is 2. The van der Waals surface area contributed by atoms with Crippen LogP contribution < -0.4 is 25.7 Å². The summed E-state index contributed by atoms with van der Waals surface area (Å²) in [7, 11) is 0. The molecule has 1 saturated heterocycles. The summed E-state index contributed by atoms with van der Waals surface area (Å²) in [5.74, 6) is -5.16. The Kier molecular flexibility index (Phi) is 8.45. The molecule has 3 aliphatic rings. The summed E-state index contributed by atoms with van der Waals surface area (Å²) in [5, 5.41) is 25.7. The molecule has 0 saturated carbocycles. The van der Waals surface area contributed by atoms with Crippen LogP contribution in [0.25, 0.3) is 35.2 Å². The van der Waals surface area contributed by atoms with Gasteiger partial charge in [-0.2, -0.15) is 11.4 Å². The molecule has 0 spiro atoms. The number of nitrogens with zero attached hydrogens (tertiary/aromatic N) is 4. The summed E-state index contributed by atoms with van der Waals surface area (Å²) in [4.78, 5) is 64.7. The van der Waals surface area contributed by atoms with Crippen LogP contribution in [0.1, 0.15) is 92.4 Å². The number of carbonyl (C=O) groups is 4. The molecule has 0 amide bonds. The predicted octanol–water partition coefficient (Wildman–Crippen LogP) is 2.94. The van der Waals surface area contributed by atoms with Crippen LogP contribution in [-0.2, 0) is 16.0 Å². The first-order valence-electron chi connectivity index (χ1n) is 14.5. The Balaban J connectivity index is 0.00000400. The average Bonchev–Trinajstić information content (AvgIpc) is 3.72. The first kappa shape index (κ1) is 32.1. The zero-order valence-electron chi connectivity index (χ0n) is 25.5. The maximum Gasteiger partial charge on any atom is 2.00 e. The first-order valence-corrected chi connectivity index (χ1v) is 14.5. The summed E-state index contributed by atoms with van der Waals surface area (Å²) < 4.78 is 0. The van der Waals surface area contributed by atoms with E-state index in [1.165, 1.54) is 0 Å². The molecule has 0 unspecified atom stereocenters. The number of allylic oxidation sites excluding steroid dienone is 2. The van der Waals surface area contributed by atoms with E-state index in [2.05, 4.69) is 6.58 Å². The number of hydrogen-bond donors (Lipinski definition) is 2. The molecule has 8 bridgehead atoms. The van der Waals surface area contributed by atoms with E-state index in [-0.39, 0.29) is 58.6 Å². The number of hydrogen-bond acceptors (Lipinski definition) is 4. The van der Waals surface area contributed by atoms with Gasteiger partial charge in [-0.15, -0.1) is 33.5 Å². The average molecular weight is 615 g/mol. The topological polar surface area (TPSA) is 165 Å². The molecule has 2 N–H and O–H groups in total. The molecule has 3 aromatic heterocycles. The van der Waals surface area contributed by atoms with Gasteiger partial charge < -0.3 is 30.5 Å². The number of carbonyl (C=O) groups excluding carboxylic acids is 2. The van der Waals surface area contributed by atoms with E-state index >= 15 is 0 Å². The van der Waals surface area contributed by atoms with Crippen LogP contribution in [-0.4, -0.2) is 57.3 Å². The van der Waals surface area contributed by atoms with Crippen molar-refractivity contribution >= 4 is 76.9 Å². The second-order valence-electron chi connectivity index (χ2n) is 11.4. The van der Waals surface area contributed by atoms with Gasteiger partial charge in [-0.25, -0.2) is 0 Å². The third-order valence-corrected chi connectivity index (χ3v) is 9.11. The van der Waals surface area contributed by atoms with Crippen molar-refractivity contribution in [1.29, 1.82) is 0 Å². The van der Waals surface area contributed by atoms with Crippen molar-refractivity contribution in [2.24, 2.45) is 17.8 Å². The molecule has 45 heavy (non-hydrogen) atoms. The zero-order valence-corrected chi connectivity index (χ0v) is 26.9. The first-order chi connectivity index (χ1) is 21.0. The minimum absolute atomic E-state index is 0. The summed E-state index contributed by atoms with van der Waals surface area (Å²) in [5.41, 5.74) is 6.51. The van der Waals surface area contributed by atoms with Crippen LogP contribution >= 0.6 is 0 Å². The molecule has 2 aliphatic heterocycles. The predicted molar refractivity (Wildman–Crippen MR) is 169 cm³/mol. The van der Waals surface area contributed by atoms with Gasteiger partial charge in [-0.1, -0.05) is 67.0 Å². The van der Waals surface area contributed by atoms with E-state index in [9.17, 15) is 29.4 Å². The van der Waals surface area contributed by atoms with Gasteiger partial charge in [-0.05, 0) is 44.1 Å². The Morgan fingerprint density at radius 2 is 1.67 bits per heavy atom. The van der Waals surface area contributed by atoms with Crippen molar-refractivity contribution in [3.8, 4) is 0 Å². The third-order valence-electron chi connectivity index (χ3n) is 9.11. The smallest absolute Gasteiger partial charge is 0.664 e. The number of Topliss-reactive ketones (excluding diaryl/α,β-unsaturated/α-hetero) is 1. The summed E-state index contributed by atoms with van der Waals surface area (Å²) in [6.07, 6.45) is 8.33. The van der Waals surface area contributed by atoms with Gasteiger partial charge in [0.2, 0.25) is 0 Å². The number of carboxylic acid groups (broad SMARTS) is 2. The molecule has 1 fully saturated rings. The molecule has 226 valence electrons. The molecular formula is C34H30MgN4O6-2. The molecule has 3 aromatic rings. The fourth-order valence-electron chi connectivity index (χ4n) is 6.77. The Bertz CT molecular complexity index is 2000. The second kappa shape index (κ2) is 11.9. The second-order valence-corrected chi connectivity index (χ2v) is 11.4. The van der Waals surface area contributed by atoms with Gasteiger partial charge in [0.1, 0.15) is 12.2 Å². The Morgan fingerprint density at radius 3 is 2.29 bits per heavy atom. The van der Waals surface area contributed by atoms with Gasteiger partial charge in [0.25, 0.3) is 0 Å². The van der Waals surface area contributed by atoms with E-state index < -0.39 is 29.6 Å². The third kappa shape index (κ3) is 4.94. The minimum atomic E-state index is -1.51. The van der Waals surface area contributed by atoms with Crippen molar-refractivity contribution in [3.05, 3.63) is 90.1 Å². The summed E-state index contributed by atoms with van der Waals surface area (Å²) in [6.45, 7) is 11.4. The number of rotatable bonds is 7. The van der Waals surface area contributed by atoms with Crippen LogP contribution in [0, 0.1) is 31.6 Å². The van der Waals surface area contributed by atoms with Crippen molar-refractivity contribution in [3.63, 3.8) is 0 Å². The van der Waals surface area contributed by atoms with Gasteiger partial charge in [0, 0.05) is 17.5 Å². The largest absolute Gasteiger partial charge is 2.00 e. The molecule has 3 atom stereocenters. The summed E-state index contributed by atoms with van der Waals surface area (Å²) >= 11 is 0. The fourth-order valence-corrected chi connectivity index (χ4v) is 6.77. The van der Waals surface area contributed by atoms with Crippen molar-refractivity contribution in [2.45, 2.75) is 47.0 Å². The van der Waals surface area contributed by atoms with Gasteiger partial charge in [0.15, 0.2) is 5.78 Å². The van der Waals surface area contributed by atoms with Crippen molar-refractivity contribution in [1.82, 2.24) is 15.0 Å². The number of fused-ring (bicyclic) bond motifs is 7. The molecule has 5 heterocycles. The van der Waals surface area contributed by atoms with Crippen LogP contribution in [0.5, 0.6) is 0 Å².